The molecule has 0 bridgehead atoms. The molecule has 1 N–H and O–H groups in total. The number of rotatable bonds is 3. The number of carbonyl (C=O) groups excluding carboxylic acids is 1. The molecule has 0 saturated heterocycles. The van der Waals surface area contributed by atoms with E-state index in [0.717, 1.165) is 16.6 Å². The van der Waals surface area contributed by atoms with Crippen LogP contribution >= 0.6 is 0 Å². The zero-order chi connectivity index (χ0) is 14.0. The summed E-state index contributed by atoms with van der Waals surface area (Å²) in [5.74, 6) is -0.107. The maximum absolute atomic E-state index is 11.8. The molecule has 0 fully saturated rings. The normalized spacial score (nSPS) is 13.5. The quantitative estimate of drug-likeness (QED) is 0.863. The minimum Gasteiger partial charge on any atom is -0.460 e. The maximum Gasteiger partial charge on any atom is 0.306 e. The first-order chi connectivity index (χ1) is 8.87. The predicted molar refractivity (Wildman–Crippen MR) is 72.8 cm³/mol. The molecule has 2 heterocycles. The van der Waals surface area contributed by atoms with Crippen molar-refractivity contribution < 1.29 is 9.53 Å². The van der Waals surface area contributed by atoms with Crippen molar-refractivity contribution in [1.82, 2.24) is 15.2 Å². The molecule has 2 aromatic heterocycles. The molecule has 0 amide bonds. The molecule has 0 aliphatic carbocycles. The van der Waals surface area contributed by atoms with Crippen molar-refractivity contribution in [2.75, 3.05) is 0 Å². The molecule has 0 aliphatic heterocycles. The van der Waals surface area contributed by atoms with Gasteiger partial charge in [-0.25, -0.2) is 0 Å². The standard InChI is InChI=1S/C14H19N3O2/c1-9(7-12(18)19-14(2,3)4)11-8-15-13-10(11)5-6-16-17-13/h5-6,8-9H,7H2,1-4H3,(H,15,17). The van der Waals surface area contributed by atoms with Crippen LogP contribution in [0.15, 0.2) is 18.5 Å². The van der Waals surface area contributed by atoms with Crippen molar-refractivity contribution in [3.63, 3.8) is 0 Å². The van der Waals surface area contributed by atoms with Crippen molar-refractivity contribution in [3.05, 3.63) is 24.0 Å². The SMILES string of the molecule is CC(CC(=O)OC(C)(C)C)c1c[nH]c2nnccc12. The molecule has 0 radical (unpaired) electrons. The van der Waals surface area contributed by atoms with E-state index in [0.29, 0.717) is 6.42 Å². The third-order valence-corrected chi connectivity index (χ3v) is 2.82. The Morgan fingerprint density at radius 2 is 2.21 bits per heavy atom. The Morgan fingerprint density at radius 3 is 2.89 bits per heavy atom. The molecular formula is C14H19N3O2. The van der Waals surface area contributed by atoms with Crippen molar-refractivity contribution in [2.45, 2.75) is 45.6 Å². The number of nitrogens with zero attached hydrogens (tertiary/aromatic N) is 2. The fraction of sp³-hybridized carbons (Fsp3) is 0.500. The van der Waals surface area contributed by atoms with E-state index in [-0.39, 0.29) is 11.9 Å². The number of esters is 1. The lowest BCUT2D eigenvalue weighted by Crippen LogP contribution is -2.24. The fourth-order valence-corrected chi connectivity index (χ4v) is 2.05. The first-order valence-corrected chi connectivity index (χ1v) is 6.37. The molecule has 1 unspecified atom stereocenters. The Kier molecular flexibility index (Phi) is 3.55. The van der Waals surface area contributed by atoms with Gasteiger partial charge in [0.05, 0.1) is 12.6 Å². The highest BCUT2D eigenvalue weighted by molar-refractivity contribution is 5.80. The molecule has 0 spiro atoms. The van der Waals surface area contributed by atoms with Gasteiger partial charge in [-0.3, -0.25) is 4.79 Å². The van der Waals surface area contributed by atoms with Gasteiger partial charge in [-0.05, 0) is 38.3 Å². The molecule has 0 aromatic carbocycles. The Bertz CT molecular complexity index is 584. The summed E-state index contributed by atoms with van der Waals surface area (Å²) in [4.78, 5) is 14.9. The third-order valence-electron chi connectivity index (χ3n) is 2.82. The van der Waals surface area contributed by atoms with Crippen LogP contribution in [0.3, 0.4) is 0 Å². The number of ether oxygens (including phenoxy) is 1. The second-order valence-corrected chi connectivity index (χ2v) is 5.73. The van der Waals surface area contributed by atoms with Crippen LogP contribution in [0, 0.1) is 0 Å². The topological polar surface area (TPSA) is 67.9 Å². The van der Waals surface area contributed by atoms with E-state index < -0.39 is 5.60 Å². The van der Waals surface area contributed by atoms with Crippen LogP contribution < -0.4 is 0 Å². The smallest absolute Gasteiger partial charge is 0.306 e. The number of H-pyrrole nitrogens is 1. The van der Waals surface area contributed by atoms with Crippen LogP contribution in [0.4, 0.5) is 0 Å². The summed E-state index contributed by atoms with van der Waals surface area (Å²) < 4.78 is 5.34. The Labute approximate surface area is 112 Å². The van der Waals surface area contributed by atoms with E-state index >= 15 is 0 Å². The van der Waals surface area contributed by atoms with Gasteiger partial charge in [0.25, 0.3) is 0 Å². The highest BCUT2D eigenvalue weighted by Gasteiger charge is 2.20. The summed E-state index contributed by atoms with van der Waals surface area (Å²) >= 11 is 0. The number of carbonyl (C=O) groups is 1. The molecule has 1 atom stereocenters. The van der Waals surface area contributed by atoms with Crippen LogP contribution in [0.5, 0.6) is 0 Å². The highest BCUT2D eigenvalue weighted by atomic mass is 16.6. The Balaban J connectivity index is 2.12. The van der Waals surface area contributed by atoms with E-state index in [2.05, 4.69) is 15.2 Å². The van der Waals surface area contributed by atoms with Crippen LogP contribution in [-0.4, -0.2) is 26.8 Å². The van der Waals surface area contributed by atoms with Crippen LogP contribution in [0.2, 0.25) is 0 Å². The zero-order valence-corrected chi connectivity index (χ0v) is 11.7. The molecule has 2 aromatic rings. The average Bonchev–Trinajstić information content (AvgIpc) is 2.69. The first kappa shape index (κ1) is 13.5. The van der Waals surface area contributed by atoms with E-state index in [4.69, 9.17) is 4.74 Å². The number of fused-ring (bicyclic) bond motifs is 1. The zero-order valence-electron chi connectivity index (χ0n) is 11.7. The molecule has 0 saturated carbocycles. The predicted octanol–water partition coefficient (Wildman–Crippen LogP) is 2.79. The van der Waals surface area contributed by atoms with Crippen LogP contribution in [-0.2, 0) is 9.53 Å². The summed E-state index contributed by atoms with van der Waals surface area (Å²) in [6.07, 6.45) is 3.89. The Hall–Kier alpha value is -1.91. The second-order valence-electron chi connectivity index (χ2n) is 5.73. The van der Waals surface area contributed by atoms with Crippen LogP contribution in [0.1, 0.15) is 45.6 Å². The molecule has 0 aliphatic rings. The van der Waals surface area contributed by atoms with Gasteiger partial charge in [-0.15, -0.1) is 5.10 Å². The van der Waals surface area contributed by atoms with Gasteiger partial charge in [-0.1, -0.05) is 6.92 Å². The first-order valence-electron chi connectivity index (χ1n) is 6.37. The molecule has 5 nitrogen and oxygen atoms in total. The van der Waals surface area contributed by atoms with Crippen molar-refractivity contribution in [2.24, 2.45) is 0 Å². The summed E-state index contributed by atoms with van der Waals surface area (Å²) in [6, 6.07) is 1.90. The fourth-order valence-electron chi connectivity index (χ4n) is 2.05. The lowest BCUT2D eigenvalue weighted by atomic mass is 9.98. The number of nitrogens with one attached hydrogen (secondary N) is 1. The van der Waals surface area contributed by atoms with Gasteiger partial charge in [0.2, 0.25) is 0 Å². The van der Waals surface area contributed by atoms with E-state index in [1.165, 1.54) is 0 Å². The number of aromatic nitrogens is 3. The highest BCUT2D eigenvalue weighted by Crippen LogP contribution is 2.27. The lowest BCUT2D eigenvalue weighted by Gasteiger charge is -2.20. The summed E-state index contributed by atoms with van der Waals surface area (Å²) in [6.45, 7) is 7.62. The van der Waals surface area contributed by atoms with Gasteiger partial charge in [0, 0.05) is 11.6 Å². The van der Waals surface area contributed by atoms with E-state index in [9.17, 15) is 4.79 Å². The minimum atomic E-state index is -0.442. The number of hydrogen-bond donors (Lipinski definition) is 1. The molecule has 2 rings (SSSR count). The maximum atomic E-state index is 11.8. The molecule has 5 heteroatoms. The van der Waals surface area contributed by atoms with Gasteiger partial charge in [-0.2, -0.15) is 5.10 Å². The van der Waals surface area contributed by atoms with Gasteiger partial charge >= 0.3 is 5.97 Å². The van der Waals surface area contributed by atoms with Gasteiger partial charge in [0.15, 0.2) is 5.65 Å². The van der Waals surface area contributed by atoms with Gasteiger partial charge < -0.3 is 9.72 Å². The minimum absolute atomic E-state index is 0.0767. The van der Waals surface area contributed by atoms with Gasteiger partial charge in [0.1, 0.15) is 5.60 Å². The summed E-state index contributed by atoms with van der Waals surface area (Å²) in [5, 5.41) is 8.83. The molecular weight excluding hydrogens is 242 g/mol. The summed E-state index contributed by atoms with van der Waals surface area (Å²) in [7, 11) is 0. The van der Waals surface area contributed by atoms with E-state index in [1.807, 2.05) is 40.0 Å². The number of hydrogen-bond acceptors (Lipinski definition) is 4. The molecule has 19 heavy (non-hydrogen) atoms. The largest absolute Gasteiger partial charge is 0.460 e. The van der Waals surface area contributed by atoms with Crippen molar-refractivity contribution in [1.29, 1.82) is 0 Å². The van der Waals surface area contributed by atoms with Crippen molar-refractivity contribution >= 4 is 17.0 Å². The average molecular weight is 261 g/mol. The van der Waals surface area contributed by atoms with Crippen LogP contribution in [0.25, 0.3) is 11.0 Å². The second kappa shape index (κ2) is 4.99. The Morgan fingerprint density at radius 1 is 1.47 bits per heavy atom. The third kappa shape index (κ3) is 3.30. The van der Waals surface area contributed by atoms with E-state index in [1.54, 1.807) is 6.20 Å². The van der Waals surface area contributed by atoms with Crippen molar-refractivity contribution in [3.8, 4) is 0 Å². The summed E-state index contributed by atoms with van der Waals surface area (Å²) in [5.41, 5.74) is 1.37. The number of aromatic amines is 1. The molecule has 102 valence electrons. The monoisotopic (exact) mass is 261 g/mol. The lowest BCUT2D eigenvalue weighted by molar-refractivity contribution is -0.155.